The van der Waals surface area contributed by atoms with Crippen LogP contribution in [-0.2, 0) is 16.7 Å². The van der Waals surface area contributed by atoms with Gasteiger partial charge < -0.3 is 24.8 Å². The summed E-state index contributed by atoms with van der Waals surface area (Å²) >= 11 is 6.33. The second-order valence-corrected chi connectivity index (χ2v) is 7.80. The predicted octanol–water partition coefficient (Wildman–Crippen LogP) is 4.39. The highest BCUT2D eigenvalue weighted by atomic mass is 127. The van der Waals surface area contributed by atoms with Gasteiger partial charge in [0.2, 0.25) is 0 Å². The highest BCUT2D eigenvalue weighted by molar-refractivity contribution is 14.0. The number of nitrogens with one attached hydrogen (secondary N) is 2. The summed E-state index contributed by atoms with van der Waals surface area (Å²) in [5, 5.41) is 7.59. The van der Waals surface area contributed by atoms with E-state index in [0.29, 0.717) is 31.3 Å². The molecule has 0 amide bonds. The van der Waals surface area contributed by atoms with Gasteiger partial charge in [-0.2, -0.15) is 0 Å². The maximum Gasteiger partial charge on any atom is 0.191 e. The molecule has 170 valence electrons. The Morgan fingerprint density at radius 3 is 2.39 bits per heavy atom. The van der Waals surface area contributed by atoms with Crippen molar-refractivity contribution in [3.05, 3.63) is 58.6 Å². The van der Waals surface area contributed by atoms with Crippen LogP contribution in [0.3, 0.4) is 0 Å². The molecule has 0 spiro atoms. The summed E-state index contributed by atoms with van der Waals surface area (Å²) in [7, 11) is 5.14. The number of nitrogens with zero attached hydrogens (tertiary/aromatic N) is 1. The lowest BCUT2D eigenvalue weighted by Crippen LogP contribution is -2.48. The van der Waals surface area contributed by atoms with Crippen molar-refractivity contribution in [2.24, 2.45) is 4.99 Å². The van der Waals surface area contributed by atoms with Crippen LogP contribution < -0.4 is 20.1 Å². The molecule has 0 bridgehead atoms. The second-order valence-electron chi connectivity index (χ2n) is 7.36. The third-order valence-electron chi connectivity index (χ3n) is 5.62. The van der Waals surface area contributed by atoms with Crippen LogP contribution in [0.4, 0.5) is 0 Å². The van der Waals surface area contributed by atoms with Gasteiger partial charge in [-0.15, -0.1) is 24.0 Å². The molecule has 1 saturated heterocycles. The number of aliphatic imine (C=N–C) groups is 1. The van der Waals surface area contributed by atoms with E-state index in [4.69, 9.17) is 25.8 Å². The van der Waals surface area contributed by atoms with Gasteiger partial charge in [0.15, 0.2) is 5.96 Å². The third kappa shape index (κ3) is 6.63. The van der Waals surface area contributed by atoms with E-state index in [1.165, 1.54) is 0 Å². The highest BCUT2D eigenvalue weighted by Gasteiger charge is 2.37. The molecule has 1 aliphatic rings. The summed E-state index contributed by atoms with van der Waals surface area (Å²) in [6.07, 6.45) is 1.76. The van der Waals surface area contributed by atoms with Crippen molar-refractivity contribution in [1.29, 1.82) is 0 Å². The third-order valence-corrected chi connectivity index (χ3v) is 5.85. The Hall–Kier alpha value is -1.71. The zero-order valence-electron chi connectivity index (χ0n) is 18.2. The minimum atomic E-state index is -0.147. The SMILES string of the molecule is CN=C(NCc1ccc(OC)cc1)NCC1(c2cc(Cl)ccc2OC)CCOCC1.I. The first-order valence-electron chi connectivity index (χ1n) is 10.1. The van der Waals surface area contributed by atoms with E-state index in [1.807, 2.05) is 42.5 Å². The first-order chi connectivity index (χ1) is 14.6. The smallest absolute Gasteiger partial charge is 0.191 e. The summed E-state index contributed by atoms with van der Waals surface area (Å²) < 4.78 is 16.5. The second kappa shape index (κ2) is 12.4. The molecular weight excluding hydrogens is 529 g/mol. The van der Waals surface area contributed by atoms with Crippen molar-refractivity contribution in [3.63, 3.8) is 0 Å². The van der Waals surface area contributed by atoms with E-state index in [9.17, 15) is 0 Å². The minimum Gasteiger partial charge on any atom is -0.497 e. The quantitative estimate of drug-likeness (QED) is 0.299. The molecule has 0 unspecified atom stereocenters. The van der Waals surface area contributed by atoms with Crippen molar-refractivity contribution in [2.45, 2.75) is 24.8 Å². The van der Waals surface area contributed by atoms with Crippen LogP contribution in [0.2, 0.25) is 5.02 Å². The minimum absolute atomic E-state index is 0. The van der Waals surface area contributed by atoms with E-state index >= 15 is 0 Å². The average molecular weight is 560 g/mol. The maximum absolute atomic E-state index is 6.33. The zero-order valence-corrected chi connectivity index (χ0v) is 21.3. The van der Waals surface area contributed by atoms with Crippen LogP contribution in [-0.4, -0.2) is 47.0 Å². The van der Waals surface area contributed by atoms with Gasteiger partial charge >= 0.3 is 0 Å². The highest BCUT2D eigenvalue weighted by Crippen LogP contribution is 2.40. The lowest BCUT2D eigenvalue weighted by atomic mass is 9.73. The summed E-state index contributed by atoms with van der Waals surface area (Å²) in [6.45, 7) is 2.78. The molecule has 0 atom stereocenters. The van der Waals surface area contributed by atoms with E-state index in [0.717, 1.165) is 41.4 Å². The van der Waals surface area contributed by atoms with Crippen LogP contribution in [0.5, 0.6) is 11.5 Å². The van der Waals surface area contributed by atoms with E-state index < -0.39 is 0 Å². The molecule has 0 aliphatic carbocycles. The molecule has 1 aliphatic heterocycles. The molecule has 2 aromatic rings. The Kier molecular flexibility index (Phi) is 10.2. The largest absolute Gasteiger partial charge is 0.497 e. The van der Waals surface area contributed by atoms with E-state index in [1.54, 1.807) is 21.3 Å². The molecule has 1 fully saturated rings. The van der Waals surface area contributed by atoms with Gasteiger partial charge in [-0.25, -0.2) is 0 Å². The van der Waals surface area contributed by atoms with Crippen molar-refractivity contribution in [1.82, 2.24) is 10.6 Å². The van der Waals surface area contributed by atoms with Crippen LogP contribution in [0.15, 0.2) is 47.5 Å². The van der Waals surface area contributed by atoms with E-state index in [-0.39, 0.29) is 29.4 Å². The average Bonchev–Trinajstić information content (AvgIpc) is 2.80. The zero-order chi connectivity index (χ0) is 21.4. The molecule has 31 heavy (non-hydrogen) atoms. The maximum atomic E-state index is 6.33. The number of benzene rings is 2. The number of ether oxygens (including phenoxy) is 3. The molecule has 6 nitrogen and oxygen atoms in total. The number of hydrogen-bond donors (Lipinski definition) is 2. The Bertz CT molecular complexity index is 856. The summed E-state index contributed by atoms with van der Waals surface area (Å²) in [4.78, 5) is 4.39. The Morgan fingerprint density at radius 2 is 1.77 bits per heavy atom. The van der Waals surface area contributed by atoms with Crippen molar-refractivity contribution >= 4 is 41.5 Å². The molecule has 0 radical (unpaired) electrons. The van der Waals surface area contributed by atoms with Crippen molar-refractivity contribution < 1.29 is 14.2 Å². The van der Waals surface area contributed by atoms with Crippen LogP contribution in [0, 0.1) is 0 Å². The van der Waals surface area contributed by atoms with Gasteiger partial charge in [0.25, 0.3) is 0 Å². The Morgan fingerprint density at radius 1 is 1.06 bits per heavy atom. The first-order valence-corrected chi connectivity index (χ1v) is 10.5. The van der Waals surface area contributed by atoms with Gasteiger partial charge in [0, 0.05) is 49.4 Å². The van der Waals surface area contributed by atoms with Crippen LogP contribution in [0.1, 0.15) is 24.0 Å². The van der Waals surface area contributed by atoms with Gasteiger partial charge in [-0.3, -0.25) is 4.99 Å². The van der Waals surface area contributed by atoms with Crippen molar-refractivity contribution in [2.75, 3.05) is 41.0 Å². The molecule has 3 rings (SSSR count). The molecule has 2 N–H and O–H groups in total. The summed E-state index contributed by atoms with van der Waals surface area (Å²) in [5.74, 6) is 2.44. The fraction of sp³-hybridized carbons (Fsp3) is 0.435. The number of hydrogen-bond acceptors (Lipinski definition) is 4. The topological polar surface area (TPSA) is 64.1 Å². The Balaban J connectivity index is 0.00000341. The fourth-order valence-electron chi connectivity index (χ4n) is 3.80. The molecule has 1 heterocycles. The lowest BCUT2D eigenvalue weighted by Gasteiger charge is -2.39. The Labute approximate surface area is 206 Å². The van der Waals surface area contributed by atoms with Crippen molar-refractivity contribution in [3.8, 4) is 11.5 Å². The number of rotatable bonds is 7. The molecule has 8 heteroatoms. The summed E-state index contributed by atoms with van der Waals surface area (Å²) in [6, 6.07) is 13.8. The monoisotopic (exact) mass is 559 g/mol. The van der Waals surface area contributed by atoms with Gasteiger partial charge in [0.05, 0.1) is 14.2 Å². The molecule has 0 saturated carbocycles. The van der Waals surface area contributed by atoms with Crippen LogP contribution >= 0.6 is 35.6 Å². The first kappa shape index (κ1) is 25.5. The molecule has 2 aromatic carbocycles. The number of methoxy groups -OCH3 is 2. The molecule has 0 aromatic heterocycles. The van der Waals surface area contributed by atoms with Gasteiger partial charge in [0.1, 0.15) is 11.5 Å². The molecular formula is C23H31ClIN3O3. The lowest BCUT2D eigenvalue weighted by molar-refractivity contribution is 0.0505. The van der Waals surface area contributed by atoms with Gasteiger partial charge in [-0.05, 0) is 48.7 Å². The van der Waals surface area contributed by atoms with E-state index in [2.05, 4.69) is 15.6 Å². The predicted molar refractivity (Wildman–Crippen MR) is 136 cm³/mol. The summed E-state index contributed by atoms with van der Waals surface area (Å²) in [5.41, 5.74) is 2.11. The number of halogens is 2. The standard InChI is InChI=1S/C23H30ClN3O3.HI/c1-25-22(26-15-17-4-7-19(28-2)8-5-17)27-16-23(10-12-30-13-11-23)20-14-18(24)6-9-21(20)29-3;/h4-9,14H,10-13,15-16H2,1-3H3,(H2,25,26,27);1H. The normalized spacial score (nSPS) is 15.5. The number of guanidine groups is 1. The van der Waals surface area contributed by atoms with Gasteiger partial charge in [-0.1, -0.05) is 23.7 Å². The van der Waals surface area contributed by atoms with Crippen LogP contribution in [0.25, 0.3) is 0 Å². The fourth-order valence-corrected chi connectivity index (χ4v) is 3.97.